The maximum Gasteiger partial charge on any atom is 0.0544 e. The molecule has 0 fully saturated rings. The van der Waals surface area contributed by atoms with Crippen LogP contribution in [0.4, 0.5) is 0 Å². The van der Waals surface area contributed by atoms with E-state index in [1.165, 1.54) is 15.0 Å². The summed E-state index contributed by atoms with van der Waals surface area (Å²) >= 11 is 5.62. The van der Waals surface area contributed by atoms with Crippen molar-refractivity contribution in [3.8, 4) is 0 Å². The van der Waals surface area contributed by atoms with E-state index >= 15 is 0 Å². The SMILES string of the molecule is BrC(Cc1ccccn1)c1cc2ccccc2s1. The molecule has 0 radical (unpaired) electrons. The molecule has 1 unspecified atom stereocenters. The molecule has 3 rings (SSSR count). The lowest BCUT2D eigenvalue weighted by Crippen LogP contribution is -1.94. The summed E-state index contributed by atoms with van der Waals surface area (Å²) in [6.07, 6.45) is 2.77. The molecule has 1 nitrogen and oxygen atoms in total. The van der Waals surface area contributed by atoms with Crippen molar-refractivity contribution in [3.63, 3.8) is 0 Å². The Hall–Kier alpha value is -1.19. The van der Waals surface area contributed by atoms with Crippen LogP contribution in [0.1, 0.15) is 15.4 Å². The first-order valence-electron chi connectivity index (χ1n) is 5.85. The molecule has 90 valence electrons. The van der Waals surface area contributed by atoms with Crippen molar-refractivity contribution >= 4 is 37.4 Å². The number of hydrogen-bond acceptors (Lipinski definition) is 2. The van der Waals surface area contributed by atoms with Gasteiger partial charge in [0, 0.05) is 27.9 Å². The quantitative estimate of drug-likeness (QED) is 0.621. The van der Waals surface area contributed by atoms with Gasteiger partial charge in [-0.05, 0) is 29.7 Å². The van der Waals surface area contributed by atoms with Crippen LogP contribution in [0.15, 0.2) is 54.7 Å². The molecule has 0 aliphatic carbocycles. The van der Waals surface area contributed by atoms with Gasteiger partial charge in [0.1, 0.15) is 0 Å². The molecule has 1 aromatic carbocycles. The van der Waals surface area contributed by atoms with Gasteiger partial charge in [0.15, 0.2) is 0 Å². The van der Waals surface area contributed by atoms with E-state index in [4.69, 9.17) is 0 Å². The van der Waals surface area contributed by atoms with E-state index in [0.29, 0.717) is 4.83 Å². The molecule has 0 saturated heterocycles. The minimum Gasteiger partial charge on any atom is -0.261 e. The monoisotopic (exact) mass is 317 g/mol. The summed E-state index contributed by atoms with van der Waals surface area (Å²) in [6, 6.07) is 16.8. The van der Waals surface area contributed by atoms with Crippen molar-refractivity contribution in [1.82, 2.24) is 4.98 Å². The second-order valence-corrected chi connectivity index (χ2v) is 6.40. The maximum atomic E-state index is 4.37. The van der Waals surface area contributed by atoms with Gasteiger partial charge in [-0.25, -0.2) is 0 Å². The molecule has 2 aromatic heterocycles. The molecule has 0 saturated carbocycles. The van der Waals surface area contributed by atoms with Crippen LogP contribution in [0.3, 0.4) is 0 Å². The molecule has 3 heteroatoms. The van der Waals surface area contributed by atoms with Crippen molar-refractivity contribution in [2.24, 2.45) is 0 Å². The van der Waals surface area contributed by atoms with Gasteiger partial charge in [-0.1, -0.05) is 40.2 Å². The van der Waals surface area contributed by atoms with E-state index in [1.807, 2.05) is 29.7 Å². The first kappa shape index (κ1) is 11.9. The molecule has 0 spiro atoms. The Bertz CT molecular complexity index is 615. The van der Waals surface area contributed by atoms with Gasteiger partial charge in [-0.15, -0.1) is 11.3 Å². The maximum absolute atomic E-state index is 4.37. The number of alkyl halides is 1. The number of pyridine rings is 1. The van der Waals surface area contributed by atoms with Crippen molar-refractivity contribution in [2.75, 3.05) is 0 Å². The normalized spacial score (nSPS) is 12.7. The minimum atomic E-state index is 0.338. The summed E-state index contributed by atoms with van der Waals surface area (Å²) in [5.41, 5.74) is 1.12. The second-order valence-electron chi connectivity index (χ2n) is 4.18. The molecule has 0 bridgehead atoms. The zero-order valence-corrected chi connectivity index (χ0v) is 12.1. The summed E-state index contributed by atoms with van der Waals surface area (Å²) in [7, 11) is 0. The van der Waals surface area contributed by atoms with E-state index in [0.717, 1.165) is 12.1 Å². The Balaban J connectivity index is 1.86. The Labute approximate surface area is 119 Å². The van der Waals surface area contributed by atoms with Crippen LogP contribution in [0.5, 0.6) is 0 Å². The number of fused-ring (bicyclic) bond motifs is 1. The second kappa shape index (κ2) is 5.21. The highest BCUT2D eigenvalue weighted by Crippen LogP contribution is 2.35. The Kier molecular flexibility index (Phi) is 3.43. The van der Waals surface area contributed by atoms with Crippen LogP contribution < -0.4 is 0 Å². The molecule has 2 heterocycles. The van der Waals surface area contributed by atoms with Crippen molar-refractivity contribution in [1.29, 1.82) is 0 Å². The number of aromatic nitrogens is 1. The third-order valence-corrected chi connectivity index (χ3v) is 5.22. The molecule has 0 N–H and O–H groups in total. The van der Waals surface area contributed by atoms with Crippen LogP contribution in [-0.2, 0) is 6.42 Å². The molecule has 0 aliphatic rings. The van der Waals surface area contributed by atoms with Gasteiger partial charge in [-0.2, -0.15) is 0 Å². The van der Waals surface area contributed by atoms with Gasteiger partial charge in [0.05, 0.1) is 4.83 Å². The summed E-state index contributed by atoms with van der Waals surface area (Å²) in [5, 5.41) is 1.32. The fourth-order valence-corrected chi connectivity index (χ4v) is 3.75. The van der Waals surface area contributed by atoms with E-state index in [-0.39, 0.29) is 0 Å². The third kappa shape index (κ3) is 2.47. The largest absolute Gasteiger partial charge is 0.261 e. The minimum absolute atomic E-state index is 0.338. The van der Waals surface area contributed by atoms with Crippen LogP contribution in [0, 0.1) is 0 Å². The summed E-state index contributed by atoms with van der Waals surface area (Å²) in [5.74, 6) is 0. The van der Waals surface area contributed by atoms with E-state index < -0.39 is 0 Å². The van der Waals surface area contributed by atoms with Crippen LogP contribution in [0.2, 0.25) is 0 Å². The average molecular weight is 318 g/mol. The topological polar surface area (TPSA) is 12.9 Å². The molecule has 0 aliphatic heterocycles. The number of hydrogen-bond donors (Lipinski definition) is 0. The third-order valence-electron chi connectivity index (χ3n) is 2.87. The molecule has 0 amide bonds. The lowest BCUT2D eigenvalue weighted by atomic mass is 10.2. The number of nitrogens with zero attached hydrogens (tertiary/aromatic N) is 1. The lowest BCUT2D eigenvalue weighted by Gasteiger charge is -2.06. The van der Waals surface area contributed by atoms with Gasteiger partial charge in [-0.3, -0.25) is 4.98 Å². The van der Waals surface area contributed by atoms with Crippen molar-refractivity contribution < 1.29 is 0 Å². The summed E-state index contributed by atoms with van der Waals surface area (Å²) in [4.78, 5) is 6.07. The van der Waals surface area contributed by atoms with Gasteiger partial charge in [0.2, 0.25) is 0 Å². The standard InChI is InChI=1S/C15H12BrNS/c16-13(10-12-6-3-4-8-17-12)15-9-11-5-1-2-7-14(11)18-15/h1-9,13H,10H2. The smallest absolute Gasteiger partial charge is 0.0544 e. The Morgan fingerprint density at radius 2 is 1.94 bits per heavy atom. The summed E-state index contributed by atoms with van der Waals surface area (Å²) < 4.78 is 1.35. The average Bonchev–Trinajstić information content (AvgIpc) is 2.84. The van der Waals surface area contributed by atoms with E-state index in [1.54, 1.807) is 0 Å². The zero-order chi connectivity index (χ0) is 12.4. The lowest BCUT2D eigenvalue weighted by molar-refractivity contribution is 0.920. The predicted molar refractivity (Wildman–Crippen MR) is 81.4 cm³/mol. The van der Waals surface area contributed by atoms with Gasteiger partial charge >= 0.3 is 0 Å². The Morgan fingerprint density at radius 3 is 2.72 bits per heavy atom. The molecular weight excluding hydrogens is 306 g/mol. The Morgan fingerprint density at radius 1 is 1.11 bits per heavy atom. The number of rotatable bonds is 3. The van der Waals surface area contributed by atoms with E-state index in [9.17, 15) is 0 Å². The van der Waals surface area contributed by atoms with Gasteiger partial charge < -0.3 is 0 Å². The highest BCUT2D eigenvalue weighted by molar-refractivity contribution is 9.09. The molecule has 1 atom stereocenters. The molecule has 18 heavy (non-hydrogen) atoms. The molecule has 3 aromatic rings. The highest BCUT2D eigenvalue weighted by Gasteiger charge is 2.12. The van der Waals surface area contributed by atoms with Crippen LogP contribution in [-0.4, -0.2) is 4.98 Å². The van der Waals surface area contributed by atoms with E-state index in [2.05, 4.69) is 57.3 Å². The first-order chi connectivity index (χ1) is 8.83. The first-order valence-corrected chi connectivity index (χ1v) is 7.58. The number of benzene rings is 1. The van der Waals surface area contributed by atoms with Crippen molar-refractivity contribution in [2.45, 2.75) is 11.2 Å². The van der Waals surface area contributed by atoms with Gasteiger partial charge in [0.25, 0.3) is 0 Å². The fraction of sp³-hybridized carbons (Fsp3) is 0.133. The highest BCUT2D eigenvalue weighted by atomic mass is 79.9. The van der Waals surface area contributed by atoms with Crippen LogP contribution in [0.25, 0.3) is 10.1 Å². The zero-order valence-electron chi connectivity index (χ0n) is 9.71. The van der Waals surface area contributed by atoms with Crippen molar-refractivity contribution in [3.05, 3.63) is 65.3 Å². The summed E-state index contributed by atoms with van der Waals surface area (Å²) in [6.45, 7) is 0. The number of thiophene rings is 1. The fourth-order valence-electron chi connectivity index (χ4n) is 1.96. The van der Waals surface area contributed by atoms with Crippen LogP contribution >= 0.6 is 27.3 Å². The predicted octanol–water partition coefficient (Wildman–Crippen LogP) is 4.98. The number of halogens is 1. The molecular formula is C15H12BrNS.